The lowest BCUT2D eigenvalue weighted by atomic mass is 10.1. The Morgan fingerprint density at radius 1 is 1.55 bits per heavy atom. The number of rotatable bonds is 5. The highest BCUT2D eigenvalue weighted by atomic mass is 32.2. The number of ether oxygens (including phenoxy) is 1. The number of hydrogen-bond donors (Lipinski definition) is 1. The summed E-state index contributed by atoms with van der Waals surface area (Å²) in [7, 11) is -3.53. The van der Waals surface area contributed by atoms with E-state index in [1.54, 1.807) is 6.92 Å². The van der Waals surface area contributed by atoms with Crippen molar-refractivity contribution in [3.05, 3.63) is 17.6 Å². The predicted octanol–water partition coefficient (Wildman–Crippen LogP) is 1.24. The number of nitrogens with zero attached hydrogens (tertiary/aromatic N) is 1. The van der Waals surface area contributed by atoms with Crippen LogP contribution in [0.2, 0.25) is 0 Å². The minimum Gasteiger partial charge on any atom is -0.464 e. The fourth-order valence-corrected chi connectivity index (χ4v) is 4.21. The predicted molar refractivity (Wildman–Crippen MR) is 74.7 cm³/mol. The third-order valence-corrected chi connectivity index (χ3v) is 5.46. The van der Waals surface area contributed by atoms with E-state index >= 15 is 0 Å². The molecule has 0 spiro atoms. The summed E-state index contributed by atoms with van der Waals surface area (Å²) in [5.74, 6) is 0.878. The first-order chi connectivity index (χ1) is 9.48. The van der Waals surface area contributed by atoms with Gasteiger partial charge in [0.15, 0.2) is 0 Å². The zero-order chi connectivity index (χ0) is 14.8. The van der Waals surface area contributed by atoms with Crippen molar-refractivity contribution in [3.63, 3.8) is 0 Å². The Morgan fingerprint density at radius 3 is 2.90 bits per heavy atom. The SMILES string of the molecule is CCOC1CCCN(S(=O)(=O)c2cc(CN)oc2C)C1. The van der Waals surface area contributed by atoms with Gasteiger partial charge in [-0.3, -0.25) is 0 Å². The molecule has 1 aromatic rings. The molecule has 1 fully saturated rings. The summed E-state index contributed by atoms with van der Waals surface area (Å²) in [5.41, 5.74) is 5.49. The molecule has 1 aromatic heterocycles. The van der Waals surface area contributed by atoms with Crippen LogP contribution in [0, 0.1) is 6.92 Å². The lowest BCUT2D eigenvalue weighted by Crippen LogP contribution is -2.43. The smallest absolute Gasteiger partial charge is 0.246 e. The van der Waals surface area contributed by atoms with Crippen molar-refractivity contribution < 1.29 is 17.6 Å². The summed E-state index contributed by atoms with van der Waals surface area (Å²) in [6.07, 6.45) is 1.69. The summed E-state index contributed by atoms with van der Waals surface area (Å²) in [6.45, 7) is 5.28. The highest BCUT2D eigenvalue weighted by Crippen LogP contribution is 2.26. The van der Waals surface area contributed by atoms with E-state index in [2.05, 4.69) is 0 Å². The molecule has 0 saturated carbocycles. The second kappa shape index (κ2) is 6.26. The first kappa shape index (κ1) is 15.5. The van der Waals surface area contributed by atoms with Gasteiger partial charge in [-0.25, -0.2) is 8.42 Å². The topological polar surface area (TPSA) is 85.8 Å². The number of piperidine rings is 1. The van der Waals surface area contributed by atoms with Gasteiger partial charge < -0.3 is 14.9 Å². The van der Waals surface area contributed by atoms with Gasteiger partial charge >= 0.3 is 0 Å². The van der Waals surface area contributed by atoms with Gasteiger partial charge in [-0.05, 0) is 26.7 Å². The second-order valence-corrected chi connectivity index (χ2v) is 6.83. The van der Waals surface area contributed by atoms with Crippen LogP contribution in [0.4, 0.5) is 0 Å². The molecular weight excluding hydrogens is 280 g/mol. The van der Waals surface area contributed by atoms with Crippen LogP contribution in [0.3, 0.4) is 0 Å². The van der Waals surface area contributed by atoms with E-state index in [0.717, 1.165) is 12.8 Å². The molecule has 20 heavy (non-hydrogen) atoms. The van der Waals surface area contributed by atoms with Crippen LogP contribution in [0.25, 0.3) is 0 Å². The second-order valence-electron chi connectivity index (χ2n) is 4.92. The van der Waals surface area contributed by atoms with Gasteiger partial charge in [0, 0.05) is 25.8 Å². The van der Waals surface area contributed by atoms with Crippen molar-refractivity contribution in [1.29, 1.82) is 0 Å². The van der Waals surface area contributed by atoms with Crippen molar-refractivity contribution in [1.82, 2.24) is 4.31 Å². The molecule has 114 valence electrons. The van der Waals surface area contributed by atoms with Crippen LogP contribution in [0.1, 0.15) is 31.3 Å². The Kier molecular flexibility index (Phi) is 4.85. The summed E-state index contributed by atoms with van der Waals surface area (Å²) < 4.78 is 37.7. The van der Waals surface area contributed by atoms with E-state index in [1.165, 1.54) is 10.4 Å². The van der Waals surface area contributed by atoms with Crippen LogP contribution in [0.5, 0.6) is 0 Å². The Bertz CT molecular complexity index is 551. The molecule has 0 bridgehead atoms. The molecule has 1 aliphatic rings. The van der Waals surface area contributed by atoms with Gasteiger partial charge in [0.2, 0.25) is 10.0 Å². The number of sulfonamides is 1. The van der Waals surface area contributed by atoms with Gasteiger partial charge in [0.25, 0.3) is 0 Å². The molecule has 1 aliphatic heterocycles. The van der Waals surface area contributed by atoms with Crippen LogP contribution < -0.4 is 5.73 Å². The van der Waals surface area contributed by atoms with Crippen molar-refractivity contribution in [2.45, 2.75) is 44.2 Å². The summed E-state index contributed by atoms with van der Waals surface area (Å²) >= 11 is 0. The highest BCUT2D eigenvalue weighted by molar-refractivity contribution is 7.89. The van der Waals surface area contributed by atoms with Crippen LogP contribution in [0.15, 0.2) is 15.4 Å². The van der Waals surface area contributed by atoms with Crippen LogP contribution in [-0.2, 0) is 21.3 Å². The highest BCUT2D eigenvalue weighted by Gasteiger charge is 2.33. The van der Waals surface area contributed by atoms with Crippen molar-refractivity contribution in [2.75, 3.05) is 19.7 Å². The fourth-order valence-electron chi connectivity index (χ4n) is 2.52. The Labute approximate surface area is 119 Å². The van der Waals surface area contributed by atoms with Gasteiger partial charge in [-0.15, -0.1) is 0 Å². The lowest BCUT2D eigenvalue weighted by Gasteiger charge is -2.31. The molecule has 0 radical (unpaired) electrons. The average molecular weight is 302 g/mol. The molecule has 2 N–H and O–H groups in total. The molecule has 2 heterocycles. The lowest BCUT2D eigenvalue weighted by molar-refractivity contribution is 0.0265. The fraction of sp³-hybridized carbons (Fsp3) is 0.692. The van der Waals surface area contributed by atoms with Crippen molar-refractivity contribution in [3.8, 4) is 0 Å². The van der Waals surface area contributed by atoms with Gasteiger partial charge in [-0.2, -0.15) is 4.31 Å². The van der Waals surface area contributed by atoms with Crippen molar-refractivity contribution in [2.24, 2.45) is 5.73 Å². The molecule has 1 saturated heterocycles. The standard InChI is InChI=1S/C13H22N2O4S/c1-3-18-11-5-4-6-15(9-11)20(16,17)13-7-12(8-14)19-10(13)2/h7,11H,3-6,8-9,14H2,1-2H3. The van der Waals surface area contributed by atoms with Crippen LogP contribution >= 0.6 is 0 Å². The van der Waals surface area contributed by atoms with E-state index < -0.39 is 10.0 Å². The Morgan fingerprint density at radius 2 is 2.30 bits per heavy atom. The maximum atomic E-state index is 12.7. The molecule has 2 rings (SSSR count). The Hall–Kier alpha value is -0.890. The number of hydrogen-bond acceptors (Lipinski definition) is 5. The number of aryl methyl sites for hydroxylation is 1. The van der Waals surface area contributed by atoms with Gasteiger partial charge in [0.1, 0.15) is 16.4 Å². The molecule has 6 nitrogen and oxygen atoms in total. The molecule has 7 heteroatoms. The summed E-state index contributed by atoms with van der Waals surface area (Å²) in [4.78, 5) is 0.218. The zero-order valence-corrected chi connectivity index (χ0v) is 12.8. The van der Waals surface area contributed by atoms with Gasteiger partial charge in [-0.1, -0.05) is 0 Å². The minimum atomic E-state index is -3.53. The van der Waals surface area contributed by atoms with E-state index in [1.807, 2.05) is 6.92 Å². The maximum absolute atomic E-state index is 12.7. The quantitative estimate of drug-likeness (QED) is 0.884. The first-order valence-electron chi connectivity index (χ1n) is 6.90. The summed E-state index contributed by atoms with van der Waals surface area (Å²) in [6, 6.07) is 1.52. The van der Waals surface area contributed by atoms with E-state index in [0.29, 0.717) is 31.2 Å². The molecule has 0 amide bonds. The summed E-state index contributed by atoms with van der Waals surface area (Å²) in [5, 5.41) is 0. The zero-order valence-electron chi connectivity index (χ0n) is 12.0. The van der Waals surface area contributed by atoms with E-state index in [9.17, 15) is 8.42 Å². The van der Waals surface area contributed by atoms with Gasteiger partial charge in [0.05, 0.1) is 12.6 Å². The normalized spacial score (nSPS) is 21.2. The minimum absolute atomic E-state index is 0.0234. The maximum Gasteiger partial charge on any atom is 0.246 e. The average Bonchev–Trinajstić information content (AvgIpc) is 2.81. The third-order valence-electron chi connectivity index (χ3n) is 3.49. The van der Waals surface area contributed by atoms with Crippen molar-refractivity contribution >= 4 is 10.0 Å². The monoisotopic (exact) mass is 302 g/mol. The molecular formula is C13H22N2O4S. The Balaban J connectivity index is 2.22. The number of nitrogens with two attached hydrogens (primary N) is 1. The number of furan rings is 1. The largest absolute Gasteiger partial charge is 0.464 e. The first-order valence-corrected chi connectivity index (χ1v) is 8.34. The van der Waals surface area contributed by atoms with E-state index in [-0.39, 0.29) is 17.5 Å². The van der Waals surface area contributed by atoms with E-state index in [4.69, 9.17) is 14.9 Å². The molecule has 0 aliphatic carbocycles. The molecule has 1 atom stereocenters. The van der Waals surface area contributed by atoms with Crippen LogP contribution in [-0.4, -0.2) is 38.5 Å². The molecule has 1 unspecified atom stereocenters. The third kappa shape index (κ3) is 3.06. The molecule has 0 aromatic carbocycles.